The van der Waals surface area contributed by atoms with Crippen LogP contribution in [0.2, 0.25) is 5.02 Å². The first kappa shape index (κ1) is 26.8. The van der Waals surface area contributed by atoms with Gasteiger partial charge in [0.15, 0.2) is 0 Å². The molecule has 4 aromatic heterocycles. The van der Waals surface area contributed by atoms with Crippen LogP contribution in [0, 0.1) is 11.3 Å². The summed E-state index contributed by atoms with van der Waals surface area (Å²) < 4.78 is 12.5. The number of amides is 1. The molecule has 3 aliphatic heterocycles. The average molecular weight is 574 g/mol. The van der Waals surface area contributed by atoms with Gasteiger partial charge in [-0.15, -0.1) is 0 Å². The van der Waals surface area contributed by atoms with Crippen molar-refractivity contribution in [3.05, 3.63) is 65.2 Å². The van der Waals surface area contributed by atoms with Gasteiger partial charge in [-0.1, -0.05) is 11.6 Å². The molecule has 0 aliphatic carbocycles. The molecule has 2 unspecified atom stereocenters. The zero-order valence-electron chi connectivity index (χ0n) is 22.8. The van der Waals surface area contributed by atoms with Crippen LogP contribution in [0.1, 0.15) is 36.2 Å². The molecule has 4 aromatic rings. The van der Waals surface area contributed by atoms with Crippen molar-refractivity contribution in [2.24, 2.45) is 0 Å². The summed E-state index contributed by atoms with van der Waals surface area (Å²) in [5.41, 5.74) is 2.07. The van der Waals surface area contributed by atoms with Crippen molar-refractivity contribution >= 4 is 28.8 Å². The molecule has 0 saturated carbocycles. The van der Waals surface area contributed by atoms with E-state index in [0.717, 1.165) is 23.4 Å². The van der Waals surface area contributed by atoms with Crippen LogP contribution < -0.4 is 14.4 Å². The molecule has 1 N–H and O–H groups in total. The zero-order chi connectivity index (χ0) is 28.9. The number of fused-ring (bicyclic) bond motifs is 3. The van der Waals surface area contributed by atoms with Gasteiger partial charge in [0.25, 0.3) is 5.91 Å². The fourth-order valence-corrected chi connectivity index (χ4v) is 5.68. The lowest BCUT2D eigenvalue weighted by molar-refractivity contribution is 0.00572. The van der Waals surface area contributed by atoms with Crippen LogP contribution in [0.3, 0.4) is 0 Å². The van der Waals surface area contributed by atoms with Crippen molar-refractivity contribution in [2.45, 2.75) is 38.0 Å². The molecular formula is C29H28ClN7O4. The monoisotopic (exact) mass is 573 g/mol. The summed E-state index contributed by atoms with van der Waals surface area (Å²) in [5.74, 6) is 1.53. The van der Waals surface area contributed by atoms with Crippen LogP contribution in [0.5, 0.6) is 11.6 Å². The quantitative estimate of drug-likeness (QED) is 0.352. The highest BCUT2D eigenvalue weighted by molar-refractivity contribution is 6.32. The highest BCUT2D eigenvalue weighted by Gasteiger charge is 2.47. The van der Waals surface area contributed by atoms with Gasteiger partial charge in [0.2, 0.25) is 5.88 Å². The highest BCUT2D eigenvalue weighted by Crippen LogP contribution is 2.37. The summed E-state index contributed by atoms with van der Waals surface area (Å²) in [6.07, 6.45) is 7.41. The second-order valence-corrected chi connectivity index (χ2v) is 11.3. The van der Waals surface area contributed by atoms with Crippen LogP contribution in [0.4, 0.5) is 5.82 Å². The van der Waals surface area contributed by atoms with Crippen molar-refractivity contribution in [2.75, 3.05) is 31.7 Å². The van der Waals surface area contributed by atoms with Gasteiger partial charge < -0.3 is 24.4 Å². The normalized spacial score (nSPS) is 18.1. The molecule has 0 aromatic carbocycles. The first-order valence-electron chi connectivity index (χ1n) is 13.2. The molecule has 3 saturated heterocycles. The first-order valence-corrected chi connectivity index (χ1v) is 13.5. The summed E-state index contributed by atoms with van der Waals surface area (Å²) in [7, 11) is 1.48. The molecule has 2 atom stereocenters. The van der Waals surface area contributed by atoms with Gasteiger partial charge in [0, 0.05) is 36.6 Å². The Morgan fingerprint density at radius 2 is 1.98 bits per heavy atom. The highest BCUT2D eigenvalue weighted by atomic mass is 35.5. The molecule has 12 heteroatoms. The van der Waals surface area contributed by atoms with E-state index in [2.05, 4.69) is 21.1 Å². The molecular weight excluding hydrogens is 546 g/mol. The van der Waals surface area contributed by atoms with E-state index >= 15 is 0 Å². The fourth-order valence-electron chi connectivity index (χ4n) is 5.44. The smallest absolute Gasteiger partial charge is 0.256 e. The standard InChI is InChI=1S/C29H28ClN7O4/c1-29(2,39)16-41-22-8-23(26-19(9-31)12-34-36(26)15-22)17-4-5-25(32-10-17)35-13-20-7-21(14-35)37(20)28(38)18-6-24(30)27(40-3)33-11-18/h4-6,8,10-12,15,20-21,39H,7,13-14,16H2,1-3H3. The largest absolute Gasteiger partial charge is 0.489 e. The Balaban J connectivity index is 1.21. The summed E-state index contributed by atoms with van der Waals surface area (Å²) in [4.78, 5) is 26.2. The molecule has 2 bridgehead atoms. The number of rotatable bonds is 7. The minimum Gasteiger partial charge on any atom is -0.489 e. The third-order valence-corrected chi connectivity index (χ3v) is 7.63. The lowest BCUT2D eigenvalue weighted by Gasteiger charge is -2.56. The molecule has 0 radical (unpaired) electrons. The Morgan fingerprint density at radius 1 is 1.20 bits per heavy atom. The van der Waals surface area contributed by atoms with Crippen LogP contribution in [0.15, 0.2) is 49.1 Å². The fraction of sp³-hybridized carbons (Fsp3) is 0.345. The number of carbonyl (C=O) groups is 1. The first-order chi connectivity index (χ1) is 19.6. The number of carbonyl (C=O) groups excluding carboxylic acids is 1. The van der Waals surface area contributed by atoms with Gasteiger partial charge in [-0.25, -0.2) is 14.5 Å². The Labute approximate surface area is 241 Å². The number of piperazine rings is 1. The number of aromatic nitrogens is 4. The number of nitrogens with zero attached hydrogens (tertiary/aromatic N) is 7. The molecule has 3 aliphatic rings. The lowest BCUT2D eigenvalue weighted by Crippen LogP contribution is -2.70. The number of hydrogen-bond acceptors (Lipinski definition) is 9. The topological polar surface area (TPSA) is 129 Å². The molecule has 7 heterocycles. The van der Waals surface area contributed by atoms with Gasteiger partial charge in [-0.05, 0) is 44.5 Å². The van der Waals surface area contributed by atoms with E-state index in [9.17, 15) is 15.2 Å². The maximum Gasteiger partial charge on any atom is 0.256 e. The Kier molecular flexibility index (Phi) is 6.68. The number of methoxy groups -OCH3 is 1. The Bertz CT molecular complexity index is 1660. The van der Waals surface area contributed by atoms with E-state index < -0.39 is 5.60 Å². The number of nitriles is 1. The summed E-state index contributed by atoms with van der Waals surface area (Å²) in [5, 5.41) is 24.4. The van der Waals surface area contributed by atoms with Gasteiger partial charge in [-0.3, -0.25) is 4.79 Å². The molecule has 7 rings (SSSR count). The van der Waals surface area contributed by atoms with Crippen LogP contribution in [-0.4, -0.2) is 80.0 Å². The maximum atomic E-state index is 13.2. The third-order valence-electron chi connectivity index (χ3n) is 7.36. The van der Waals surface area contributed by atoms with E-state index in [1.807, 2.05) is 23.1 Å². The van der Waals surface area contributed by atoms with Crippen LogP contribution in [-0.2, 0) is 0 Å². The number of hydrogen-bond donors (Lipinski definition) is 1. The van der Waals surface area contributed by atoms with Gasteiger partial charge in [-0.2, -0.15) is 10.4 Å². The van der Waals surface area contributed by atoms with E-state index in [1.165, 1.54) is 19.5 Å². The number of pyridine rings is 3. The lowest BCUT2D eigenvalue weighted by atomic mass is 9.86. The summed E-state index contributed by atoms with van der Waals surface area (Å²) in [6, 6.07) is 9.67. The number of anilines is 1. The Hall–Kier alpha value is -4.40. The van der Waals surface area contributed by atoms with E-state index in [-0.39, 0.29) is 24.6 Å². The maximum absolute atomic E-state index is 13.2. The van der Waals surface area contributed by atoms with Gasteiger partial charge >= 0.3 is 0 Å². The number of aliphatic hydroxyl groups is 1. The van der Waals surface area contributed by atoms with Crippen molar-refractivity contribution in [1.82, 2.24) is 24.5 Å². The zero-order valence-corrected chi connectivity index (χ0v) is 23.5. The van der Waals surface area contributed by atoms with Crippen molar-refractivity contribution in [3.8, 4) is 28.8 Å². The van der Waals surface area contributed by atoms with E-state index in [0.29, 0.717) is 46.4 Å². The van der Waals surface area contributed by atoms with Crippen molar-refractivity contribution in [3.63, 3.8) is 0 Å². The van der Waals surface area contributed by atoms with E-state index in [1.54, 1.807) is 36.8 Å². The van der Waals surface area contributed by atoms with E-state index in [4.69, 9.17) is 26.1 Å². The minimum atomic E-state index is -1.01. The second-order valence-electron chi connectivity index (χ2n) is 10.9. The third kappa shape index (κ3) is 5.01. The minimum absolute atomic E-state index is 0.0674. The van der Waals surface area contributed by atoms with Crippen LogP contribution in [0.25, 0.3) is 16.6 Å². The average Bonchev–Trinajstić information content (AvgIpc) is 3.38. The van der Waals surface area contributed by atoms with Crippen molar-refractivity contribution in [1.29, 1.82) is 5.26 Å². The van der Waals surface area contributed by atoms with Crippen LogP contribution >= 0.6 is 11.6 Å². The number of halogens is 1. The van der Waals surface area contributed by atoms with Gasteiger partial charge in [0.05, 0.1) is 53.8 Å². The predicted octanol–water partition coefficient (Wildman–Crippen LogP) is 3.58. The summed E-state index contributed by atoms with van der Waals surface area (Å²) >= 11 is 6.19. The molecule has 11 nitrogen and oxygen atoms in total. The predicted molar refractivity (Wildman–Crippen MR) is 151 cm³/mol. The molecule has 3 fully saturated rings. The second kappa shape index (κ2) is 10.2. The molecule has 1 amide bonds. The number of piperidine rings is 1. The van der Waals surface area contributed by atoms with Gasteiger partial charge in [0.1, 0.15) is 29.3 Å². The Morgan fingerprint density at radius 3 is 2.61 bits per heavy atom. The SMILES string of the molecule is COc1ncc(C(=O)N2C3CC2CN(c2ccc(-c4cc(OCC(C)(C)O)cn5ncc(C#N)c45)cn2)C3)cc1Cl. The summed E-state index contributed by atoms with van der Waals surface area (Å²) in [6.45, 7) is 4.76. The molecule has 210 valence electrons. The molecule has 41 heavy (non-hydrogen) atoms. The number of ether oxygens (including phenoxy) is 2. The molecule has 0 spiro atoms. The van der Waals surface area contributed by atoms with Crippen molar-refractivity contribution < 1.29 is 19.4 Å².